The van der Waals surface area contributed by atoms with Gasteiger partial charge in [0.15, 0.2) is 0 Å². The quantitative estimate of drug-likeness (QED) is 0.275. The molecule has 0 heteroatoms. The summed E-state index contributed by atoms with van der Waals surface area (Å²) in [6, 6.07) is 9.48. The summed E-state index contributed by atoms with van der Waals surface area (Å²) in [6.45, 7) is 4.60. The van der Waals surface area contributed by atoms with Gasteiger partial charge in [-0.2, -0.15) is 0 Å². The Bertz CT molecular complexity index is 612. The Hall–Kier alpha value is -1.30. The molecule has 0 radical (unpaired) electrons. The average molecular weight is 393 g/mol. The van der Waals surface area contributed by atoms with E-state index >= 15 is 0 Å². The summed E-state index contributed by atoms with van der Waals surface area (Å²) < 4.78 is 0. The summed E-state index contributed by atoms with van der Waals surface area (Å²) in [5.41, 5.74) is 3.01. The topological polar surface area (TPSA) is 0 Å². The van der Waals surface area contributed by atoms with Crippen molar-refractivity contribution < 1.29 is 0 Å². The molecule has 0 saturated heterocycles. The van der Waals surface area contributed by atoms with Gasteiger partial charge >= 0.3 is 0 Å². The molecular weight excluding hydrogens is 348 g/mol. The number of unbranched alkanes of at least 4 members (excludes halogenated alkanes) is 3. The van der Waals surface area contributed by atoms with E-state index in [1.54, 1.807) is 0 Å². The van der Waals surface area contributed by atoms with Gasteiger partial charge in [-0.3, -0.25) is 0 Å². The normalized spacial score (nSPS) is 27.5. The van der Waals surface area contributed by atoms with E-state index in [9.17, 15) is 0 Å². The van der Waals surface area contributed by atoms with Crippen LogP contribution in [-0.2, 0) is 6.42 Å². The third kappa shape index (κ3) is 7.47. The summed E-state index contributed by atoms with van der Waals surface area (Å²) in [7, 11) is 0. The number of hydrogen-bond donors (Lipinski definition) is 0. The van der Waals surface area contributed by atoms with Gasteiger partial charge in [0.2, 0.25) is 0 Å². The van der Waals surface area contributed by atoms with Crippen LogP contribution in [0.4, 0.5) is 0 Å². The molecule has 29 heavy (non-hydrogen) atoms. The van der Waals surface area contributed by atoms with Crippen molar-refractivity contribution in [2.45, 2.75) is 103 Å². The first-order valence-corrected chi connectivity index (χ1v) is 12.7. The van der Waals surface area contributed by atoms with E-state index in [1.807, 2.05) is 0 Å². The van der Waals surface area contributed by atoms with Gasteiger partial charge in [0.05, 0.1) is 0 Å². The van der Waals surface area contributed by atoms with Crippen molar-refractivity contribution in [3.05, 3.63) is 59.7 Å². The molecule has 1 saturated carbocycles. The zero-order chi connectivity index (χ0) is 20.3. The van der Waals surface area contributed by atoms with Crippen molar-refractivity contribution in [1.29, 1.82) is 0 Å². The molecule has 0 aliphatic heterocycles. The minimum atomic E-state index is 0.623. The zero-order valence-corrected chi connectivity index (χ0v) is 19.1. The van der Waals surface area contributed by atoms with Crippen LogP contribution in [0.1, 0.15) is 108 Å². The largest absolute Gasteiger partial charge is 0.0848 e. The molecule has 2 aliphatic rings. The van der Waals surface area contributed by atoms with Gasteiger partial charge in [0.1, 0.15) is 0 Å². The van der Waals surface area contributed by atoms with Crippen molar-refractivity contribution in [3.8, 4) is 0 Å². The molecule has 2 unspecified atom stereocenters. The Morgan fingerprint density at radius 3 is 2.17 bits per heavy atom. The first-order valence-electron chi connectivity index (χ1n) is 12.7. The van der Waals surface area contributed by atoms with Crippen LogP contribution < -0.4 is 0 Å². The fourth-order valence-corrected chi connectivity index (χ4v) is 5.25. The molecule has 160 valence electrons. The highest BCUT2D eigenvalue weighted by Gasteiger charge is 2.20. The van der Waals surface area contributed by atoms with Crippen molar-refractivity contribution in [2.75, 3.05) is 0 Å². The number of rotatable bonds is 10. The van der Waals surface area contributed by atoms with Crippen LogP contribution in [0.2, 0.25) is 0 Å². The second-order valence-corrected chi connectivity index (χ2v) is 9.74. The first-order chi connectivity index (χ1) is 14.3. The summed E-state index contributed by atoms with van der Waals surface area (Å²) >= 11 is 0. The van der Waals surface area contributed by atoms with Crippen LogP contribution >= 0.6 is 0 Å². The molecule has 0 aromatic heterocycles. The lowest BCUT2D eigenvalue weighted by Gasteiger charge is -2.27. The minimum Gasteiger partial charge on any atom is -0.0848 e. The zero-order valence-electron chi connectivity index (χ0n) is 19.1. The molecule has 1 aromatic carbocycles. The van der Waals surface area contributed by atoms with Crippen LogP contribution in [-0.4, -0.2) is 0 Å². The SMILES string of the molecule is CCCCCc1ccc(C2C=CC(/C=C/C3CCC(CCCC)CC3)CC2)cc1. The molecule has 0 N–H and O–H groups in total. The predicted octanol–water partition coefficient (Wildman–Crippen LogP) is 9.02. The smallest absolute Gasteiger partial charge is 0.00185 e. The van der Waals surface area contributed by atoms with Crippen molar-refractivity contribution >= 4 is 0 Å². The van der Waals surface area contributed by atoms with E-state index in [0.717, 1.165) is 11.8 Å². The molecule has 0 nitrogen and oxygen atoms in total. The average Bonchev–Trinajstić information content (AvgIpc) is 2.78. The molecule has 0 spiro atoms. The Kier molecular flexibility index (Phi) is 9.58. The highest BCUT2D eigenvalue weighted by Crippen LogP contribution is 2.34. The van der Waals surface area contributed by atoms with E-state index in [2.05, 4.69) is 62.4 Å². The molecule has 3 rings (SSSR count). The van der Waals surface area contributed by atoms with Crippen molar-refractivity contribution in [3.63, 3.8) is 0 Å². The van der Waals surface area contributed by atoms with Crippen LogP contribution in [0.5, 0.6) is 0 Å². The molecule has 2 aliphatic carbocycles. The van der Waals surface area contributed by atoms with Gasteiger partial charge in [0, 0.05) is 5.92 Å². The number of allylic oxidation sites excluding steroid dienone is 4. The van der Waals surface area contributed by atoms with Gasteiger partial charge < -0.3 is 0 Å². The van der Waals surface area contributed by atoms with Gasteiger partial charge in [-0.25, -0.2) is 0 Å². The number of aryl methyl sites for hydroxylation is 1. The van der Waals surface area contributed by atoms with Gasteiger partial charge in [0.25, 0.3) is 0 Å². The molecule has 1 fully saturated rings. The molecule has 2 atom stereocenters. The summed E-state index contributed by atoms with van der Waals surface area (Å²) in [6.07, 6.45) is 27.9. The summed E-state index contributed by atoms with van der Waals surface area (Å²) in [4.78, 5) is 0. The van der Waals surface area contributed by atoms with Gasteiger partial charge in [-0.1, -0.05) is 94.5 Å². The Labute approximate surface area is 180 Å². The third-order valence-corrected chi connectivity index (χ3v) is 7.37. The maximum absolute atomic E-state index is 2.57. The highest BCUT2D eigenvalue weighted by atomic mass is 14.3. The summed E-state index contributed by atoms with van der Waals surface area (Å²) in [5.74, 6) is 3.16. The summed E-state index contributed by atoms with van der Waals surface area (Å²) in [5, 5.41) is 0. The van der Waals surface area contributed by atoms with Crippen molar-refractivity contribution in [1.82, 2.24) is 0 Å². The number of hydrogen-bond acceptors (Lipinski definition) is 0. The standard InChI is InChI=1S/C29H44/c1-3-5-7-9-25-16-20-28(21-17-25)29-22-18-27(19-23-29)15-14-26-12-10-24(11-13-26)8-6-4-2/h14-18,20-22,24,26-27,29H,3-13,19,23H2,1-2H3/b15-14+. The molecule has 0 bridgehead atoms. The van der Waals surface area contributed by atoms with Gasteiger partial charge in [-0.15, -0.1) is 0 Å². The maximum atomic E-state index is 2.57. The van der Waals surface area contributed by atoms with E-state index < -0.39 is 0 Å². The maximum Gasteiger partial charge on any atom is 0.00185 e. The van der Waals surface area contributed by atoms with E-state index in [4.69, 9.17) is 0 Å². The lowest BCUT2D eigenvalue weighted by atomic mass is 9.79. The fourth-order valence-electron chi connectivity index (χ4n) is 5.25. The Morgan fingerprint density at radius 2 is 1.52 bits per heavy atom. The molecule has 0 heterocycles. The Balaban J connectivity index is 1.42. The molecular formula is C29H44. The number of benzene rings is 1. The van der Waals surface area contributed by atoms with Gasteiger partial charge in [-0.05, 0) is 80.2 Å². The molecule has 1 aromatic rings. The van der Waals surface area contributed by atoms with E-state index in [-0.39, 0.29) is 0 Å². The van der Waals surface area contributed by atoms with E-state index in [1.165, 1.54) is 94.6 Å². The second kappa shape index (κ2) is 12.4. The second-order valence-electron chi connectivity index (χ2n) is 9.74. The van der Waals surface area contributed by atoms with Crippen LogP contribution in [0.25, 0.3) is 0 Å². The van der Waals surface area contributed by atoms with Crippen LogP contribution in [0.15, 0.2) is 48.6 Å². The predicted molar refractivity (Wildman–Crippen MR) is 128 cm³/mol. The highest BCUT2D eigenvalue weighted by molar-refractivity contribution is 5.29. The Morgan fingerprint density at radius 1 is 0.759 bits per heavy atom. The lowest BCUT2D eigenvalue weighted by molar-refractivity contribution is 0.290. The monoisotopic (exact) mass is 392 g/mol. The molecule has 0 amide bonds. The van der Waals surface area contributed by atoms with Crippen LogP contribution in [0.3, 0.4) is 0 Å². The van der Waals surface area contributed by atoms with Crippen molar-refractivity contribution in [2.24, 2.45) is 17.8 Å². The van der Waals surface area contributed by atoms with E-state index in [0.29, 0.717) is 11.8 Å². The fraction of sp³-hybridized carbons (Fsp3) is 0.655. The first kappa shape index (κ1) is 22.4. The third-order valence-electron chi connectivity index (χ3n) is 7.37. The van der Waals surface area contributed by atoms with Crippen LogP contribution in [0, 0.1) is 17.8 Å². The minimum absolute atomic E-state index is 0.623. The lowest BCUT2D eigenvalue weighted by Crippen LogP contribution is -2.13.